The summed E-state index contributed by atoms with van der Waals surface area (Å²) < 4.78 is 2.05. The molecule has 1 aliphatic heterocycles. The van der Waals surface area contributed by atoms with Gasteiger partial charge in [-0.2, -0.15) is 5.10 Å². The maximum atomic E-state index is 6.63. The van der Waals surface area contributed by atoms with E-state index in [2.05, 4.69) is 56.1 Å². The highest BCUT2D eigenvalue weighted by Gasteiger charge is 2.27. The molecule has 32 heavy (non-hydrogen) atoms. The Morgan fingerprint density at radius 1 is 1.03 bits per heavy atom. The first-order valence-electron chi connectivity index (χ1n) is 10.6. The Labute approximate surface area is 192 Å². The molecule has 0 bridgehead atoms. The molecule has 0 saturated heterocycles. The number of pyridine rings is 1. The first kappa shape index (κ1) is 20.5. The van der Waals surface area contributed by atoms with E-state index in [0.29, 0.717) is 11.1 Å². The zero-order chi connectivity index (χ0) is 22.4. The molecule has 1 N–H and O–H groups in total. The van der Waals surface area contributed by atoms with Crippen LogP contribution < -0.4 is 5.32 Å². The van der Waals surface area contributed by atoms with Crippen molar-refractivity contribution in [1.82, 2.24) is 19.5 Å². The number of aryl methyl sites for hydroxylation is 1. The third-order valence-corrected chi connectivity index (χ3v) is 6.74. The van der Waals surface area contributed by atoms with Crippen LogP contribution in [0.5, 0.6) is 0 Å². The highest BCUT2D eigenvalue weighted by molar-refractivity contribution is 6.33. The summed E-state index contributed by atoms with van der Waals surface area (Å²) in [5.74, 6) is 1.96. The number of nitrogens with zero attached hydrogens (tertiary/aromatic N) is 5. The van der Waals surface area contributed by atoms with Crippen molar-refractivity contribution in [2.75, 3.05) is 12.4 Å². The van der Waals surface area contributed by atoms with Crippen LogP contribution >= 0.6 is 11.6 Å². The second-order valence-corrected chi connectivity index (χ2v) is 8.72. The Kier molecular flexibility index (Phi) is 5.10. The van der Waals surface area contributed by atoms with Gasteiger partial charge in [-0.3, -0.25) is 5.01 Å². The summed E-state index contributed by atoms with van der Waals surface area (Å²) in [5.41, 5.74) is 4.12. The summed E-state index contributed by atoms with van der Waals surface area (Å²) in [7, 11) is 4.02. The van der Waals surface area contributed by atoms with E-state index in [1.54, 1.807) is 0 Å². The second kappa shape index (κ2) is 7.95. The number of imidazole rings is 1. The van der Waals surface area contributed by atoms with Gasteiger partial charge in [0.1, 0.15) is 11.6 Å². The lowest BCUT2D eigenvalue weighted by Gasteiger charge is -2.21. The molecular weight excluding hydrogens is 420 g/mol. The van der Waals surface area contributed by atoms with Crippen LogP contribution in [0.2, 0.25) is 5.02 Å². The molecule has 0 fully saturated rings. The summed E-state index contributed by atoms with van der Waals surface area (Å²) in [6, 6.07) is 14.7. The lowest BCUT2D eigenvalue weighted by Crippen LogP contribution is -2.24. The van der Waals surface area contributed by atoms with Crippen molar-refractivity contribution in [3.8, 4) is 11.3 Å². The number of hydrazone groups is 1. The number of benzene rings is 2. The lowest BCUT2D eigenvalue weighted by molar-refractivity contribution is 0.289. The molecule has 2 aromatic heterocycles. The minimum atomic E-state index is 0.240. The molecule has 2 atom stereocenters. The number of hydrogen-bond acceptors (Lipinski definition) is 5. The number of fused-ring (bicyclic) bond motifs is 1. The normalized spacial score (nSPS) is 18.0. The molecule has 2 aromatic carbocycles. The maximum Gasteiger partial charge on any atom is 0.130 e. The molecular formula is C25H25ClN6. The van der Waals surface area contributed by atoms with Crippen molar-refractivity contribution in [3.63, 3.8) is 0 Å². The first-order valence-corrected chi connectivity index (χ1v) is 11.0. The van der Waals surface area contributed by atoms with Crippen LogP contribution in [0.3, 0.4) is 0 Å². The predicted octanol–water partition coefficient (Wildman–Crippen LogP) is 5.74. The van der Waals surface area contributed by atoms with Crippen molar-refractivity contribution in [2.24, 2.45) is 12.1 Å². The number of likely N-dealkylation sites (N-methyl/N-ethyl adjacent to an activating group) is 1. The smallest absolute Gasteiger partial charge is 0.130 e. The van der Waals surface area contributed by atoms with E-state index in [1.165, 1.54) is 10.9 Å². The molecule has 0 saturated carbocycles. The van der Waals surface area contributed by atoms with Crippen LogP contribution in [0.25, 0.3) is 22.0 Å². The molecule has 5 rings (SSSR count). The second-order valence-electron chi connectivity index (χ2n) is 8.31. The van der Waals surface area contributed by atoms with Crippen LogP contribution in [-0.4, -0.2) is 38.8 Å². The molecule has 3 heterocycles. The fraction of sp³-hybridized carbons (Fsp3) is 0.240. The number of hydrogen-bond donors (Lipinski definition) is 1. The van der Waals surface area contributed by atoms with Crippen molar-refractivity contribution >= 4 is 40.1 Å². The summed E-state index contributed by atoms with van der Waals surface area (Å²) in [6.45, 7) is 4.18. The molecule has 6 nitrogen and oxygen atoms in total. The van der Waals surface area contributed by atoms with Crippen molar-refractivity contribution < 1.29 is 0 Å². The van der Waals surface area contributed by atoms with Gasteiger partial charge >= 0.3 is 0 Å². The van der Waals surface area contributed by atoms with Gasteiger partial charge in [0, 0.05) is 43.4 Å². The van der Waals surface area contributed by atoms with Gasteiger partial charge in [-0.25, -0.2) is 9.97 Å². The quantitative estimate of drug-likeness (QED) is 0.435. The number of anilines is 2. The Morgan fingerprint density at radius 2 is 1.88 bits per heavy atom. The van der Waals surface area contributed by atoms with Crippen molar-refractivity contribution in [3.05, 3.63) is 71.3 Å². The highest BCUT2D eigenvalue weighted by atomic mass is 35.5. The fourth-order valence-corrected chi connectivity index (χ4v) is 4.44. The zero-order valence-electron chi connectivity index (χ0n) is 18.5. The van der Waals surface area contributed by atoms with Crippen LogP contribution in [0.4, 0.5) is 11.5 Å². The third kappa shape index (κ3) is 3.50. The topological polar surface area (TPSA) is 58.3 Å². The lowest BCUT2D eigenvalue weighted by atomic mass is 9.90. The average molecular weight is 445 g/mol. The molecule has 2 unspecified atom stereocenters. The third-order valence-electron chi connectivity index (χ3n) is 6.42. The van der Waals surface area contributed by atoms with E-state index < -0.39 is 0 Å². The van der Waals surface area contributed by atoms with Gasteiger partial charge in [-0.05, 0) is 43.0 Å². The van der Waals surface area contributed by atoms with Crippen LogP contribution in [-0.2, 0) is 7.05 Å². The molecule has 4 aromatic rings. The van der Waals surface area contributed by atoms with Gasteiger partial charge in [0.25, 0.3) is 0 Å². The molecule has 0 aliphatic carbocycles. The molecule has 7 heteroatoms. The van der Waals surface area contributed by atoms with Gasteiger partial charge in [0.2, 0.25) is 0 Å². The monoisotopic (exact) mass is 444 g/mol. The molecule has 162 valence electrons. The van der Waals surface area contributed by atoms with Crippen LogP contribution in [0.1, 0.15) is 24.2 Å². The largest absolute Gasteiger partial charge is 0.339 e. The summed E-state index contributed by atoms with van der Waals surface area (Å²) in [4.78, 5) is 8.99. The van der Waals surface area contributed by atoms with Gasteiger partial charge in [0.05, 0.1) is 28.6 Å². The number of rotatable bonds is 4. The fourth-order valence-electron chi connectivity index (χ4n) is 4.22. The summed E-state index contributed by atoms with van der Waals surface area (Å²) in [6.07, 6.45) is 5.80. The highest BCUT2D eigenvalue weighted by Crippen LogP contribution is 2.34. The molecule has 1 aliphatic rings. The van der Waals surface area contributed by atoms with Gasteiger partial charge in [-0.15, -0.1) is 0 Å². The van der Waals surface area contributed by atoms with Crippen LogP contribution in [0.15, 0.2) is 60.0 Å². The average Bonchev–Trinajstić information content (AvgIpc) is 3.30. The van der Waals surface area contributed by atoms with Gasteiger partial charge < -0.3 is 9.88 Å². The Hall–Kier alpha value is -3.38. The maximum absolute atomic E-state index is 6.63. The molecule has 0 spiro atoms. The van der Waals surface area contributed by atoms with Gasteiger partial charge in [0.15, 0.2) is 0 Å². The van der Waals surface area contributed by atoms with E-state index in [1.807, 2.05) is 62.8 Å². The van der Waals surface area contributed by atoms with E-state index in [0.717, 1.165) is 34.0 Å². The van der Waals surface area contributed by atoms with Crippen molar-refractivity contribution in [2.45, 2.75) is 25.8 Å². The standard InChI is InChI=1S/C25H25ClN6/c1-15-21(13-29-32(15)4)19-7-5-6-18-12-28-25(11-20(18)19)30-23-9-8-17(10-22(23)26)24-14-27-16(2)31(24)3/h5-15,21H,1-4H3,(H,28,30). The molecule has 0 amide bonds. The van der Waals surface area contributed by atoms with Crippen LogP contribution in [0, 0.1) is 6.92 Å². The Balaban J connectivity index is 1.48. The minimum absolute atomic E-state index is 0.240. The minimum Gasteiger partial charge on any atom is -0.339 e. The first-order chi connectivity index (χ1) is 15.4. The summed E-state index contributed by atoms with van der Waals surface area (Å²) in [5, 5.41) is 12.8. The van der Waals surface area contributed by atoms with Crippen molar-refractivity contribution in [1.29, 1.82) is 0 Å². The summed E-state index contributed by atoms with van der Waals surface area (Å²) >= 11 is 6.63. The Morgan fingerprint density at radius 3 is 2.56 bits per heavy atom. The SMILES string of the molecule is Cc1ncc(-c2ccc(Nc3cc4c(C5C=NN(C)C5C)cccc4cn3)c(Cl)c2)n1C. The predicted molar refractivity (Wildman–Crippen MR) is 132 cm³/mol. The Bertz CT molecular complexity index is 1340. The van der Waals surface area contributed by atoms with E-state index in [-0.39, 0.29) is 5.92 Å². The zero-order valence-corrected chi connectivity index (χ0v) is 19.3. The van der Waals surface area contributed by atoms with E-state index >= 15 is 0 Å². The van der Waals surface area contributed by atoms with E-state index in [4.69, 9.17) is 11.6 Å². The number of aromatic nitrogens is 3. The molecule has 0 radical (unpaired) electrons. The number of nitrogens with one attached hydrogen (secondary N) is 1. The number of halogens is 1. The van der Waals surface area contributed by atoms with Gasteiger partial charge in [-0.1, -0.05) is 35.9 Å². The van der Waals surface area contributed by atoms with E-state index in [9.17, 15) is 0 Å².